The summed E-state index contributed by atoms with van der Waals surface area (Å²) in [5.74, 6) is 0.209. The Morgan fingerprint density at radius 3 is 2.41 bits per heavy atom. The first-order chi connectivity index (χ1) is 14.0. The number of carbonyl (C=O) groups excluding carboxylic acids is 1. The van der Waals surface area contributed by atoms with Crippen LogP contribution in [-0.4, -0.2) is 10.9 Å². The topological polar surface area (TPSA) is 63.4 Å². The zero-order valence-electron chi connectivity index (χ0n) is 16.0. The normalized spacial score (nSPS) is 15.7. The van der Waals surface area contributed by atoms with E-state index in [0.29, 0.717) is 22.4 Å². The summed E-state index contributed by atoms with van der Waals surface area (Å²) in [7, 11) is 0. The molecule has 142 valence electrons. The lowest BCUT2D eigenvalue weighted by Gasteiger charge is -2.24. The van der Waals surface area contributed by atoms with E-state index in [4.69, 9.17) is 4.42 Å². The van der Waals surface area contributed by atoms with E-state index < -0.39 is 6.04 Å². The van der Waals surface area contributed by atoms with Crippen molar-refractivity contribution in [2.45, 2.75) is 19.9 Å². The second-order valence-corrected chi connectivity index (χ2v) is 7.35. The summed E-state index contributed by atoms with van der Waals surface area (Å²) in [5, 5.41) is 0.483. The number of rotatable bonds is 2. The maximum absolute atomic E-state index is 13.5. The van der Waals surface area contributed by atoms with Crippen LogP contribution in [0.5, 0.6) is 0 Å². The van der Waals surface area contributed by atoms with Crippen molar-refractivity contribution in [2.24, 2.45) is 0 Å². The Morgan fingerprint density at radius 1 is 0.931 bits per heavy atom. The van der Waals surface area contributed by atoms with Gasteiger partial charge in [0.2, 0.25) is 5.76 Å². The van der Waals surface area contributed by atoms with Gasteiger partial charge in [-0.2, -0.15) is 0 Å². The molecule has 0 aliphatic carbocycles. The van der Waals surface area contributed by atoms with Crippen LogP contribution < -0.4 is 10.3 Å². The van der Waals surface area contributed by atoms with E-state index in [1.54, 1.807) is 29.3 Å². The maximum Gasteiger partial charge on any atom is 0.296 e. The highest BCUT2D eigenvalue weighted by Crippen LogP contribution is 2.40. The molecule has 0 saturated heterocycles. The molecule has 0 saturated carbocycles. The van der Waals surface area contributed by atoms with Gasteiger partial charge in [-0.1, -0.05) is 47.5 Å². The number of anilines is 1. The predicted octanol–water partition coefficient (Wildman–Crippen LogP) is 4.55. The molecule has 2 aromatic carbocycles. The molecule has 0 N–H and O–H groups in total. The van der Waals surface area contributed by atoms with Crippen LogP contribution in [0, 0.1) is 13.8 Å². The van der Waals surface area contributed by atoms with Crippen LogP contribution in [0.1, 0.15) is 38.9 Å². The molecule has 29 heavy (non-hydrogen) atoms. The molecular formula is C24H18N2O3. The van der Waals surface area contributed by atoms with E-state index in [2.05, 4.69) is 4.98 Å². The first-order valence-corrected chi connectivity index (χ1v) is 9.43. The van der Waals surface area contributed by atoms with Gasteiger partial charge < -0.3 is 4.42 Å². The van der Waals surface area contributed by atoms with E-state index in [0.717, 1.165) is 16.7 Å². The number of aromatic nitrogens is 1. The SMILES string of the molecule is Cc1ccc([C@H]2c3c(oc4ccc(C)cc4c3=O)C(=O)N2c2ccccn2)cc1. The van der Waals surface area contributed by atoms with Crippen LogP contribution in [0.15, 0.2) is 76.1 Å². The smallest absolute Gasteiger partial charge is 0.296 e. The second-order valence-electron chi connectivity index (χ2n) is 7.35. The molecule has 0 unspecified atom stereocenters. The van der Waals surface area contributed by atoms with Crippen LogP contribution in [0.3, 0.4) is 0 Å². The number of hydrogen-bond acceptors (Lipinski definition) is 4. The Kier molecular flexibility index (Phi) is 3.84. The molecule has 0 spiro atoms. The van der Waals surface area contributed by atoms with Gasteiger partial charge in [0, 0.05) is 6.20 Å². The summed E-state index contributed by atoms with van der Waals surface area (Å²) in [6, 6.07) is 18.0. The lowest BCUT2D eigenvalue weighted by atomic mass is 9.97. The van der Waals surface area contributed by atoms with Crippen molar-refractivity contribution in [2.75, 3.05) is 4.90 Å². The molecule has 1 aliphatic heterocycles. The van der Waals surface area contributed by atoms with Crippen molar-refractivity contribution < 1.29 is 9.21 Å². The quantitative estimate of drug-likeness (QED) is 0.510. The summed E-state index contributed by atoms with van der Waals surface area (Å²) in [4.78, 5) is 32.8. The minimum Gasteiger partial charge on any atom is -0.450 e. The van der Waals surface area contributed by atoms with Gasteiger partial charge >= 0.3 is 0 Å². The Balaban J connectivity index is 1.83. The van der Waals surface area contributed by atoms with Gasteiger partial charge in [-0.05, 0) is 43.7 Å². The molecule has 4 aromatic rings. The number of carbonyl (C=O) groups is 1. The molecule has 2 aromatic heterocycles. The Hall–Kier alpha value is -3.73. The van der Waals surface area contributed by atoms with Gasteiger partial charge in [-0.15, -0.1) is 0 Å². The standard InChI is InChI=1S/C24H18N2O3/c1-14-6-9-16(10-7-14)21-20-22(27)17-13-15(2)8-11-18(17)29-23(20)24(28)26(21)19-5-3-4-12-25-19/h3-13,21H,1-2H3/t21-/m0/s1. The Morgan fingerprint density at radius 2 is 1.69 bits per heavy atom. The molecule has 1 amide bonds. The van der Waals surface area contributed by atoms with Crippen molar-refractivity contribution in [3.63, 3.8) is 0 Å². The molecule has 5 rings (SSSR count). The maximum atomic E-state index is 13.5. The lowest BCUT2D eigenvalue weighted by Crippen LogP contribution is -2.30. The summed E-state index contributed by atoms with van der Waals surface area (Å²) in [6.07, 6.45) is 1.63. The molecule has 1 atom stereocenters. The number of fused-ring (bicyclic) bond motifs is 2. The van der Waals surface area contributed by atoms with Crippen molar-refractivity contribution in [1.82, 2.24) is 4.98 Å². The van der Waals surface area contributed by atoms with Crippen molar-refractivity contribution in [1.29, 1.82) is 0 Å². The number of benzene rings is 2. The number of pyridine rings is 1. The summed E-state index contributed by atoms with van der Waals surface area (Å²) < 4.78 is 5.96. The second kappa shape index (κ2) is 6.41. The van der Waals surface area contributed by atoms with Crippen LogP contribution in [0.25, 0.3) is 11.0 Å². The van der Waals surface area contributed by atoms with Gasteiger partial charge in [0.1, 0.15) is 11.4 Å². The molecule has 0 bridgehead atoms. The third-order valence-corrected chi connectivity index (χ3v) is 5.31. The first kappa shape index (κ1) is 17.4. The van der Waals surface area contributed by atoms with Crippen LogP contribution in [-0.2, 0) is 0 Å². The Labute approximate surface area is 167 Å². The van der Waals surface area contributed by atoms with Gasteiger partial charge in [-0.3, -0.25) is 14.5 Å². The van der Waals surface area contributed by atoms with Crippen molar-refractivity contribution in [3.05, 3.63) is 105 Å². The van der Waals surface area contributed by atoms with Gasteiger partial charge in [0.15, 0.2) is 5.43 Å². The van der Waals surface area contributed by atoms with Crippen molar-refractivity contribution >= 4 is 22.7 Å². The molecule has 3 heterocycles. The number of hydrogen-bond donors (Lipinski definition) is 0. The molecule has 0 fully saturated rings. The lowest BCUT2D eigenvalue weighted by molar-refractivity contribution is 0.0970. The third kappa shape index (κ3) is 2.66. The largest absolute Gasteiger partial charge is 0.450 e. The first-order valence-electron chi connectivity index (χ1n) is 9.43. The fourth-order valence-electron chi connectivity index (χ4n) is 3.88. The van der Waals surface area contributed by atoms with Crippen LogP contribution >= 0.6 is 0 Å². The fraction of sp³-hybridized carbons (Fsp3) is 0.125. The van der Waals surface area contributed by atoms with E-state index in [-0.39, 0.29) is 17.1 Å². The van der Waals surface area contributed by atoms with E-state index in [9.17, 15) is 9.59 Å². The van der Waals surface area contributed by atoms with Gasteiger partial charge in [-0.25, -0.2) is 4.98 Å². The average molecular weight is 382 g/mol. The molecule has 1 aliphatic rings. The van der Waals surface area contributed by atoms with Crippen molar-refractivity contribution in [3.8, 4) is 0 Å². The molecular weight excluding hydrogens is 364 g/mol. The zero-order valence-corrected chi connectivity index (χ0v) is 16.0. The molecule has 0 radical (unpaired) electrons. The van der Waals surface area contributed by atoms with Crippen LogP contribution in [0.2, 0.25) is 0 Å². The van der Waals surface area contributed by atoms with E-state index in [1.165, 1.54) is 0 Å². The van der Waals surface area contributed by atoms with E-state index in [1.807, 2.05) is 56.3 Å². The van der Waals surface area contributed by atoms with Gasteiger partial charge in [0.05, 0.1) is 17.0 Å². The monoisotopic (exact) mass is 382 g/mol. The minimum absolute atomic E-state index is 0.0857. The zero-order chi connectivity index (χ0) is 20.1. The van der Waals surface area contributed by atoms with Crippen LogP contribution in [0.4, 0.5) is 5.82 Å². The summed E-state index contributed by atoms with van der Waals surface area (Å²) in [5.41, 5.74) is 3.50. The Bertz CT molecular complexity index is 1310. The average Bonchev–Trinajstić information content (AvgIpc) is 3.03. The highest BCUT2D eigenvalue weighted by molar-refractivity contribution is 6.10. The number of amides is 1. The summed E-state index contributed by atoms with van der Waals surface area (Å²) >= 11 is 0. The highest BCUT2D eigenvalue weighted by Gasteiger charge is 2.44. The number of aryl methyl sites for hydroxylation is 2. The fourth-order valence-corrected chi connectivity index (χ4v) is 3.88. The molecule has 5 heteroatoms. The van der Waals surface area contributed by atoms with E-state index >= 15 is 0 Å². The molecule has 5 nitrogen and oxygen atoms in total. The summed E-state index contributed by atoms with van der Waals surface area (Å²) in [6.45, 7) is 3.92. The highest BCUT2D eigenvalue weighted by atomic mass is 16.3. The minimum atomic E-state index is -0.589. The predicted molar refractivity (Wildman–Crippen MR) is 111 cm³/mol. The third-order valence-electron chi connectivity index (χ3n) is 5.31. The van der Waals surface area contributed by atoms with Gasteiger partial charge in [0.25, 0.3) is 5.91 Å². The number of nitrogens with zero attached hydrogens (tertiary/aromatic N) is 2.